The highest BCUT2D eigenvalue weighted by Crippen LogP contribution is 2.20. The lowest BCUT2D eigenvalue weighted by molar-refractivity contribution is -0.139. The van der Waals surface area contributed by atoms with Gasteiger partial charge in [0, 0.05) is 12.6 Å². The zero-order valence-electron chi connectivity index (χ0n) is 20.1. The largest absolute Gasteiger partial charge is 0.352 e. The summed E-state index contributed by atoms with van der Waals surface area (Å²) < 4.78 is 26.2. The van der Waals surface area contributed by atoms with Gasteiger partial charge in [0.15, 0.2) is 0 Å². The Morgan fingerprint density at radius 2 is 1.55 bits per heavy atom. The van der Waals surface area contributed by atoms with Gasteiger partial charge in [-0.05, 0) is 49.9 Å². The Morgan fingerprint density at radius 3 is 2.06 bits per heavy atom. The fraction of sp³-hybridized carbons (Fsp3) is 0.440. The van der Waals surface area contributed by atoms with E-state index in [2.05, 4.69) is 5.32 Å². The van der Waals surface area contributed by atoms with Crippen LogP contribution in [-0.4, -0.2) is 50.0 Å². The van der Waals surface area contributed by atoms with Gasteiger partial charge in [0.2, 0.25) is 21.8 Å². The fourth-order valence-corrected chi connectivity index (χ4v) is 4.19. The predicted octanol–water partition coefficient (Wildman–Crippen LogP) is 3.35. The molecule has 2 aromatic rings. The highest BCUT2D eigenvalue weighted by Gasteiger charge is 2.30. The molecule has 0 unspecified atom stereocenters. The maximum atomic E-state index is 13.4. The third kappa shape index (κ3) is 7.60. The first kappa shape index (κ1) is 26.4. The Morgan fingerprint density at radius 1 is 0.939 bits per heavy atom. The molecule has 7 nitrogen and oxygen atoms in total. The van der Waals surface area contributed by atoms with Crippen LogP contribution in [0.15, 0.2) is 54.6 Å². The first-order valence-electron chi connectivity index (χ1n) is 11.3. The van der Waals surface area contributed by atoms with E-state index in [1.165, 1.54) is 4.90 Å². The van der Waals surface area contributed by atoms with Gasteiger partial charge in [0.25, 0.3) is 0 Å². The Kier molecular flexibility index (Phi) is 9.46. The van der Waals surface area contributed by atoms with Crippen LogP contribution in [0, 0.1) is 0 Å². The van der Waals surface area contributed by atoms with E-state index in [0.29, 0.717) is 5.69 Å². The summed E-state index contributed by atoms with van der Waals surface area (Å²) in [6, 6.07) is 15.6. The minimum absolute atomic E-state index is 0.0294. The lowest BCUT2D eigenvalue weighted by atomic mass is 10.1. The van der Waals surface area contributed by atoms with Crippen LogP contribution in [0.1, 0.15) is 45.2 Å². The van der Waals surface area contributed by atoms with E-state index in [1.54, 1.807) is 19.1 Å². The molecule has 2 atom stereocenters. The molecule has 0 saturated carbocycles. The summed E-state index contributed by atoms with van der Waals surface area (Å²) in [7, 11) is -3.72. The number of carbonyl (C=O) groups excluding carboxylic acids is 2. The van der Waals surface area contributed by atoms with Crippen molar-refractivity contribution in [2.75, 3.05) is 17.1 Å². The van der Waals surface area contributed by atoms with Crippen molar-refractivity contribution in [3.63, 3.8) is 0 Å². The number of hydrogen-bond donors (Lipinski definition) is 1. The van der Waals surface area contributed by atoms with Crippen LogP contribution < -0.4 is 9.62 Å². The second-order valence-corrected chi connectivity index (χ2v) is 10.2. The van der Waals surface area contributed by atoms with E-state index in [1.807, 2.05) is 63.2 Å². The molecule has 0 aliphatic heterocycles. The SMILES string of the molecule is CCc1ccc(N(CC(=O)N(Cc2ccccc2)[C@@H](C)C(=O)N[C@@H](C)CC)S(C)(=O)=O)cc1. The second-order valence-electron chi connectivity index (χ2n) is 8.29. The number of benzene rings is 2. The molecule has 2 rings (SSSR count). The van der Waals surface area contributed by atoms with Crippen LogP contribution in [0.4, 0.5) is 5.69 Å². The predicted molar refractivity (Wildman–Crippen MR) is 132 cm³/mol. The average molecular weight is 474 g/mol. The molecule has 0 fully saturated rings. The number of hydrogen-bond acceptors (Lipinski definition) is 4. The van der Waals surface area contributed by atoms with Crippen molar-refractivity contribution in [2.24, 2.45) is 0 Å². The van der Waals surface area contributed by atoms with Crippen LogP contribution in [0.2, 0.25) is 0 Å². The Balaban J connectivity index is 2.34. The van der Waals surface area contributed by atoms with Crippen LogP contribution in [0.25, 0.3) is 0 Å². The zero-order valence-corrected chi connectivity index (χ0v) is 20.9. The summed E-state index contributed by atoms with van der Waals surface area (Å²) in [6.07, 6.45) is 2.67. The molecule has 2 aromatic carbocycles. The molecule has 180 valence electrons. The molecular formula is C25H35N3O4S. The molecule has 0 aliphatic rings. The van der Waals surface area contributed by atoms with Crippen LogP contribution in [0.3, 0.4) is 0 Å². The molecule has 0 aliphatic carbocycles. The third-order valence-corrected chi connectivity index (χ3v) is 6.82. The number of carbonyl (C=O) groups is 2. The Bertz CT molecular complexity index is 1020. The van der Waals surface area contributed by atoms with Gasteiger partial charge in [-0.3, -0.25) is 13.9 Å². The molecule has 2 amide bonds. The molecule has 0 bridgehead atoms. The van der Waals surface area contributed by atoms with Crippen LogP contribution in [0.5, 0.6) is 0 Å². The van der Waals surface area contributed by atoms with Crippen molar-refractivity contribution < 1.29 is 18.0 Å². The number of aryl methyl sites for hydroxylation is 1. The van der Waals surface area contributed by atoms with E-state index < -0.39 is 28.5 Å². The molecule has 0 aromatic heterocycles. The van der Waals surface area contributed by atoms with Crippen molar-refractivity contribution >= 4 is 27.5 Å². The maximum absolute atomic E-state index is 13.4. The molecule has 8 heteroatoms. The van der Waals surface area contributed by atoms with Gasteiger partial charge in [0.05, 0.1) is 11.9 Å². The van der Waals surface area contributed by atoms with Gasteiger partial charge in [-0.1, -0.05) is 56.3 Å². The summed E-state index contributed by atoms with van der Waals surface area (Å²) in [6.45, 7) is 7.36. The third-order valence-electron chi connectivity index (χ3n) is 5.68. The number of nitrogens with one attached hydrogen (secondary N) is 1. The Hall–Kier alpha value is -2.87. The minimum Gasteiger partial charge on any atom is -0.352 e. The molecule has 0 saturated heterocycles. The number of rotatable bonds is 11. The summed E-state index contributed by atoms with van der Waals surface area (Å²) in [5, 5.41) is 2.91. The summed E-state index contributed by atoms with van der Waals surface area (Å²) in [4.78, 5) is 27.7. The highest BCUT2D eigenvalue weighted by molar-refractivity contribution is 7.92. The average Bonchev–Trinajstić information content (AvgIpc) is 2.80. The number of anilines is 1. The first-order valence-corrected chi connectivity index (χ1v) is 13.1. The quantitative estimate of drug-likeness (QED) is 0.542. The molecule has 0 heterocycles. The Labute approximate surface area is 197 Å². The maximum Gasteiger partial charge on any atom is 0.244 e. The topological polar surface area (TPSA) is 86.8 Å². The van der Waals surface area contributed by atoms with Crippen LogP contribution >= 0.6 is 0 Å². The van der Waals surface area contributed by atoms with Gasteiger partial charge in [-0.15, -0.1) is 0 Å². The van der Waals surface area contributed by atoms with E-state index in [4.69, 9.17) is 0 Å². The van der Waals surface area contributed by atoms with Gasteiger partial charge in [0.1, 0.15) is 12.6 Å². The van der Waals surface area contributed by atoms with Gasteiger partial charge in [-0.2, -0.15) is 0 Å². The second kappa shape index (κ2) is 11.8. The minimum atomic E-state index is -3.72. The summed E-state index contributed by atoms with van der Waals surface area (Å²) >= 11 is 0. The van der Waals surface area contributed by atoms with Crippen molar-refractivity contribution in [1.29, 1.82) is 0 Å². The van der Waals surface area contributed by atoms with Crippen LogP contribution in [-0.2, 0) is 32.6 Å². The number of nitrogens with zero attached hydrogens (tertiary/aromatic N) is 2. The van der Waals surface area contributed by atoms with Crippen molar-refractivity contribution in [3.8, 4) is 0 Å². The molecule has 0 radical (unpaired) electrons. The summed E-state index contributed by atoms with van der Waals surface area (Å²) in [5.41, 5.74) is 2.34. The van der Waals surface area contributed by atoms with Crippen molar-refractivity contribution in [1.82, 2.24) is 10.2 Å². The van der Waals surface area contributed by atoms with Gasteiger partial charge >= 0.3 is 0 Å². The standard InChI is InChI=1S/C25H35N3O4S/c1-6-19(3)26-25(30)20(4)27(17-22-11-9-8-10-12-22)24(29)18-28(33(5,31)32)23-15-13-21(7-2)14-16-23/h8-16,19-20H,6-7,17-18H2,1-5H3,(H,26,30)/t19-,20-/m0/s1. The molecule has 33 heavy (non-hydrogen) atoms. The van der Waals surface area contributed by atoms with E-state index in [0.717, 1.165) is 34.5 Å². The number of sulfonamides is 1. The smallest absolute Gasteiger partial charge is 0.244 e. The van der Waals surface area contributed by atoms with E-state index in [-0.39, 0.29) is 18.5 Å². The zero-order chi connectivity index (χ0) is 24.6. The molecule has 0 spiro atoms. The van der Waals surface area contributed by atoms with E-state index in [9.17, 15) is 18.0 Å². The van der Waals surface area contributed by atoms with Crippen molar-refractivity contribution in [2.45, 2.75) is 59.2 Å². The lowest BCUT2D eigenvalue weighted by Crippen LogP contribution is -2.52. The van der Waals surface area contributed by atoms with E-state index >= 15 is 0 Å². The monoisotopic (exact) mass is 473 g/mol. The normalized spacial score (nSPS) is 13.1. The van der Waals surface area contributed by atoms with Crippen molar-refractivity contribution in [3.05, 3.63) is 65.7 Å². The van der Waals surface area contributed by atoms with Gasteiger partial charge < -0.3 is 10.2 Å². The fourth-order valence-electron chi connectivity index (χ4n) is 3.34. The summed E-state index contributed by atoms with van der Waals surface area (Å²) in [5.74, 6) is -0.720. The highest BCUT2D eigenvalue weighted by atomic mass is 32.2. The lowest BCUT2D eigenvalue weighted by Gasteiger charge is -2.32. The first-order chi connectivity index (χ1) is 15.6. The number of amides is 2. The van der Waals surface area contributed by atoms with Gasteiger partial charge in [-0.25, -0.2) is 8.42 Å². The molecular weight excluding hydrogens is 438 g/mol. The molecule has 1 N–H and O–H groups in total.